The van der Waals surface area contributed by atoms with Crippen LogP contribution in [0.5, 0.6) is 0 Å². The molecule has 0 saturated carbocycles. The topological polar surface area (TPSA) is 115 Å². The van der Waals surface area contributed by atoms with Crippen molar-refractivity contribution < 1.29 is 9.59 Å². The number of amides is 2. The van der Waals surface area contributed by atoms with E-state index in [1.54, 1.807) is 23.1 Å². The van der Waals surface area contributed by atoms with Gasteiger partial charge in [0.25, 0.3) is 5.91 Å². The van der Waals surface area contributed by atoms with Crippen molar-refractivity contribution in [1.82, 2.24) is 0 Å². The molecule has 1 aromatic carbocycles. The Hall–Kier alpha value is -2.24. The lowest BCUT2D eigenvalue weighted by atomic mass is 10.1. The summed E-state index contributed by atoms with van der Waals surface area (Å²) in [5.41, 5.74) is 17.6. The van der Waals surface area contributed by atoms with E-state index >= 15 is 0 Å². The second kappa shape index (κ2) is 6.63. The fraction of sp³-hybridized carbons (Fsp3) is 0.385. The number of benzene rings is 1. The second-order valence-corrected chi connectivity index (χ2v) is 4.34. The Labute approximate surface area is 112 Å². The Kier molecular flexibility index (Phi) is 5.17. The fourth-order valence-corrected chi connectivity index (χ4v) is 1.87. The van der Waals surface area contributed by atoms with Crippen LogP contribution in [0.25, 0.3) is 0 Å². The number of hydrogen-bond donors (Lipinski definition) is 3. The first-order chi connectivity index (χ1) is 8.97. The summed E-state index contributed by atoms with van der Waals surface area (Å²) in [4.78, 5) is 24.2. The Balaban J connectivity index is 3.10. The number of rotatable bonds is 7. The number of nitrogens with zero attached hydrogens (tertiary/aromatic N) is 1. The van der Waals surface area contributed by atoms with Gasteiger partial charge in [-0.2, -0.15) is 0 Å². The highest BCUT2D eigenvalue weighted by atomic mass is 16.1. The molecule has 0 spiro atoms. The lowest BCUT2D eigenvalue weighted by Crippen LogP contribution is -2.35. The van der Waals surface area contributed by atoms with Crippen LogP contribution in [0.2, 0.25) is 0 Å². The van der Waals surface area contributed by atoms with E-state index in [4.69, 9.17) is 17.2 Å². The normalized spacial score (nSPS) is 10.2. The number of nitrogens with two attached hydrogens (primary N) is 3. The Morgan fingerprint density at radius 1 is 1.26 bits per heavy atom. The van der Waals surface area contributed by atoms with Crippen LogP contribution in [-0.4, -0.2) is 24.9 Å². The highest BCUT2D eigenvalue weighted by molar-refractivity contribution is 6.01. The van der Waals surface area contributed by atoms with Crippen molar-refractivity contribution in [3.63, 3.8) is 0 Å². The van der Waals surface area contributed by atoms with E-state index in [-0.39, 0.29) is 17.8 Å². The first kappa shape index (κ1) is 14.8. The zero-order valence-corrected chi connectivity index (χ0v) is 11.1. The highest BCUT2D eigenvalue weighted by Gasteiger charge is 2.16. The maximum atomic E-state index is 11.3. The Bertz CT molecular complexity index is 474. The van der Waals surface area contributed by atoms with Crippen LogP contribution in [0, 0.1) is 0 Å². The van der Waals surface area contributed by atoms with Crippen LogP contribution in [0.1, 0.15) is 30.1 Å². The summed E-state index contributed by atoms with van der Waals surface area (Å²) in [6.45, 7) is 2.75. The lowest BCUT2D eigenvalue weighted by Gasteiger charge is -2.25. The molecule has 6 N–H and O–H groups in total. The third-order valence-electron chi connectivity index (χ3n) is 2.82. The number of anilines is 2. The van der Waals surface area contributed by atoms with Crippen molar-refractivity contribution in [3.8, 4) is 0 Å². The van der Waals surface area contributed by atoms with Crippen molar-refractivity contribution in [3.05, 3.63) is 23.8 Å². The average Bonchev–Trinajstić information content (AvgIpc) is 2.34. The zero-order valence-electron chi connectivity index (χ0n) is 11.1. The molecule has 6 heteroatoms. The van der Waals surface area contributed by atoms with E-state index in [0.717, 1.165) is 12.8 Å². The summed E-state index contributed by atoms with van der Waals surface area (Å²) in [5, 5.41) is 0. The number of para-hydroxylation sites is 1. The van der Waals surface area contributed by atoms with Crippen molar-refractivity contribution in [2.75, 3.05) is 23.7 Å². The molecule has 0 aromatic heterocycles. The third-order valence-corrected chi connectivity index (χ3v) is 2.82. The van der Waals surface area contributed by atoms with Crippen molar-refractivity contribution in [1.29, 1.82) is 0 Å². The minimum absolute atomic E-state index is 0.0619. The van der Waals surface area contributed by atoms with E-state index < -0.39 is 11.8 Å². The first-order valence-electron chi connectivity index (χ1n) is 6.19. The smallest absolute Gasteiger partial charge is 0.250 e. The van der Waals surface area contributed by atoms with Gasteiger partial charge in [0.05, 0.1) is 23.5 Å². The molecule has 0 aliphatic heterocycles. The van der Waals surface area contributed by atoms with Crippen LogP contribution in [0.3, 0.4) is 0 Å². The van der Waals surface area contributed by atoms with E-state index in [1.165, 1.54) is 0 Å². The molecule has 0 fully saturated rings. The molecular weight excluding hydrogens is 244 g/mol. The summed E-state index contributed by atoms with van der Waals surface area (Å²) in [5.74, 6) is -1.03. The molecule has 104 valence electrons. The second-order valence-electron chi connectivity index (χ2n) is 4.34. The van der Waals surface area contributed by atoms with E-state index in [0.29, 0.717) is 12.2 Å². The lowest BCUT2D eigenvalue weighted by molar-refractivity contribution is -0.116. The van der Waals surface area contributed by atoms with Gasteiger partial charge in [0, 0.05) is 6.54 Å². The predicted molar refractivity (Wildman–Crippen MR) is 75.7 cm³/mol. The molecule has 0 atom stereocenters. The van der Waals surface area contributed by atoms with Crippen LogP contribution in [0.15, 0.2) is 18.2 Å². The number of primary amides is 2. The summed E-state index contributed by atoms with van der Waals surface area (Å²) in [6, 6.07) is 5.00. The van der Waals surface area contributed by atoms with Gasteiger partial charge >= 0.3 is 0 Å². The van der Waals surface area contributed by atoms with Gasteiger partial charge in [-0.05, 0) is 18.6 Å². The van der Waals surface area contributed by atoms with Gasteiger partial charge in [0.2, 0.25) is 5.91 Å². The molecular formula is C13H20N4O2. The molecule has 0 aliphatic rings. The van der Waals surface area contributed by atoms with Crippen LogP contribution in [-0.2, 0) is 4.79 Å². The van der Waals surface area contributed by atoms with Crippen molar-refractivity contribution in [2.45, 2.75) is 19.8 Å². The molecule has 0 radical (unpaired) electrons. The van der Waals surface area contributed by atoms with Crippen LogP contribution in [0.4, 0.5) is 11.4 Å². The van der Waals surface area contributed by atoms with Crippen molar-refractivity contribution >= 4 is 23.2 Å². The van der Waals surface area contributed by atoms with Crippen LogP contribution < -0.4 is 22.1 Å². The monoisotopic (exact) mass is 264 g/mol. The summed E-state index contributed by atoms with van der Waals surface area (Å²) < 4.78 is 0. The zero-order chi connectivity index (χ0) is 14.4. The number of nitrogen functional groups attached to an aromatic ring is 1. The summed E-state index contributed by atoms with van der Waals surface area (Å²) >= 11 is 0. The van der Waals surface area contributed by atoms with Gasteiger partial charge in [-0.3, -0.25) is 9.59 Å². The minimum Gasteiger partial charge on any atom is -0.396 e. The maximum absolute atomic E-state index is 11.3. The van der Waals surface area contributed by atoms with E-state index in [2.05, 4.69) is 0 Å². The molecule has 0 bridgehead atoms. The van der Waals surface area contributed by atoms with Gasteiger partial charge in [0.1, 0.15) is 0 Å². The maximum Gasteiger partial charge on any atom is 0.250 e. The minimum atomic E-state index is -0.589. The number of hydrogen-bond acceptors (Lipinski definition) is 4. The summed E-state index contributed by atoms with van der Waals surface area (Å²) in [6.07, 6.45) is 1.87. The third kappa shape index (κ3) is 3.87. The predicted octanol–water partition coefficient (Wildman–Crippen LogP) is 0.460. The number of carbonyl (C=O) groups excluding carboxylic acids is 2. The van der Waals surface area contributed by atoms with Gasteiger partial charge in [0.15, 0.2) is 0 Å². The molecule has 0 saturated heterocycles. The number of carbonyl (C=O) groups is 2. The first-order valence-corrected chi connectivity index (χ1v) is 6.19. The largest absolute Gasteiger partial charge is 0.396 e. The molecule has 0 heterocycles. The summed E-state index contributed by atoms with van der Waals surface area (Å²) in [7, 11) is 0. The SMILES string of the molecule is CCCCN(CC(N)=O)c1cccc(C(N)=O)c1N. The van der Waals surface area contributed by atoms with Gasteiger partial charge in [-0.1, -0.05) is 19.4 Å². The van der Waals surface area contributed by atoms with Gasteiger partial charge in [-0.25, -0.2) is 0 Å². The molecule has 2 amide bonds. The Morgan fingerprint density at radius 3 is 2.47 bits per heavy atom. The van der Waals surface area contributed by atoms with Gasteiger partial charge < -0.3 is 22.1 Å². The Morgan fingerprint density at radius 2 is 1.95 bits per heavy atom. The van der Waals surface area contributed by atoms with Gasteiger partial charge in [-0.15, -0.1) is 0 Å². The van der Waals surface area contributed by atoms with Crippen LogP contribution >= 0.6 is 0 Å². The van der Waals surface area contributed by atoms with E-state index in [1.807, 2.05) is 6.92 Å². The molecule has 1 rings (SSSR count). The molecule has 19 heavy (non-hydrogen) atoms. The molecule has 0 aliphatic carbocycles. The molecule has 6 nitrogen and oxygen atoms in total. The average molecular weight is 264 g/mol. The highest BCUT2D eigenvalue weighted by Crippen LogP contribution is 2.26. The molecule has 1 aromatic rings. The van der Waals surface area contributed by atoms with Crippen molar-refractivity contribution in [2.24, 2.45) is 11.5 Å². The fourth-order valence-electron chi connectivity index (χ4n) is 1.87. The van der Waals surface area contributed by atoms with E-state index in [9.17, 15) is 9.59 Å². The standard InChI is InChI=1S/C13H20N4O2/c1-2-3-7-17(8-11(14)18)10-6-4-5-9(12(10)15)13(16)19/h4-6H,2-3,7-8,15H2,1H3,(H2,14,18)(H2,16,19). The molecule has 0 unspecified atom stereocenters. The quantitative estimate of drug-likeness (QED) is 0.620. The number of unbranched alkanes of at least 4 members (excludes halogenated alkanes) is 1.